The molecule has 1 aliphatic heterocycles. The van der Waals surface area contributed by atoms with Crippen molar-refractivity contribution in [2.24, 2.45) is 0 Å². The SMILES string of the molecule is CCNC(=O)N1CCN(CC(=O)Nc2ccc(Oc3ccccc3Cl)cc2)CC1. The summed E-state index contributed by atoms with van der Waals surface area (Å²) in [5.41, 5.74) is 0.697. The molecule has 154 valence electrons. The fourth-order valence-electron chi connectivity index (χ4n) is 3.04. The van der Waals surface area contributed by atoms with Crippen LogP contribution in [-0.4, -0.2) is 61.0 Å². The molecule has 0 saturated carbocycles. The number of amides is 3. The van der Waals surface area contributed by atoms with Crippen LogP contribution in [0, 0.1) is 0 Å². The van der Waals surface area contributed by atoms with E-state index in [1.807, 2.05) is 24.0 Å². The Bertz CT molecular complexity index is 836. The number of nitrogens with one attached hydrogen (secondary N) is 2. The molecule has 2 aromatic carbocycles. The summed E-state index contributed by atoms with van der Waals surface area (Å²) in [6.07, 6.45) is 0. The van der Waals surface area contributed by atoms with Crippen LogP contribution >= 0.6 is 11.6 Å². The molecular formula is C21H25ClN4O3. The highest BCUT2D eigenvalue weighted by molar-refractivity contribution is 6.32. The van der Waals surface area contributed by atoms with Crippen molar-refractivity contribution in [1.82, 2.24) is 15.1 Å². The van der Waals surface area contributed by atoms with Crippen molar-refractivity contribution < 1.29 is 14.3 Å². The molecular weight excluding hydrogens is 392 g/mol. The maximum Gasteiger partial charge on any atom is 0.317 e. The van der Waals surface area contributed by atoms with E-state index in [0.717, 1.165) is 0 Å². The van der Waals surface area contributed by atoms with E-state index in [9.17, 15) is 9.59 Å². The number of piperazine rings is 1. The van der Waals surface area contributed by atoms with Crippen LogP contribution < -0.4 is 15.4 Å². The quantitative estimate of drug-likeness (QED) is 0.756. The minimum Gasteiger partial charge on any atom is -0.456 e. The second-order valence-electron chi connectivity index (χ2n) is 6.70. The number of carbonyl (C=O) groups excluding carboxylic acids is 2. The first-order chi connectivity index (χ1) is 14.0. The number of nitrogens with zero attached hydrogens (tertiary/aromatic N) is 2. The van der Waals surface area contributed by atoms with Gasteiger partial charge in [-0.2, -0.15) is 0 Å². The van der Waals surface area contributed by atoms with E-state index in [-0.39, 0.29) is 11.9 Å². The highest BCUT2D eigenvalue weighted by atomic mass is 35.5. The third-order valence-corrected chi connectivity index (χ3v) is 4.87. The highest BCUT2D eigenvalue weighted by Gasteiger charge is 2.21. The van der Waals surface area contributed by atoms with Gasteiger partial charge in [-0.3, -0.25) is 9.69 Å². The topological polar surface area (TPSA) is 73.9 Å². The van der Waals surface area contributed by atoms with Gasteiger partial charge in [-0.05, 0) is 43.3 Å². The minimum absolute atomic E-state index is 0.0456. The molecule has 0 radical (unpaired) electrons. The van der Waals surface area contributed by atoms with Gasteiger partial charge in [-0.1, -0.05) is 23.7 Å². The third-order valence-electron chi connectivity index (χ3n) is 4.56. The molecule has 2 N–H and O–H groups in total. The second kappa shape index (κ2) is 10.1. The first kappa shape index (κ1) is 21.0. The van der Waals surface area contributed by atoms with Crippen LogP contribution in [0.25, 0.3) is 0 Å². The zero-order valence-electron chi connectivity index (χ0n) is 16.4. The molecule has 0 aliphatic carbocycles. The molecule has 3 amide bonds. The predicted octanol–water partition coefficient (Wildman–Crippen LogP) is 3.42. The van der Waals surface area contributed by atoms with Crippen molar-refractivity contribution in [2.45, 2.75) is 6.92 Å². The molecule has 1 fully saturated rings. The molecule has 2 aromatic rings. The lowest BCUT2D eigenvalue weighted by atomic mass is 10.3. The van der Waals surface area contributed by atoms with E-state index in [0.29, 0.717) is 61.5 Å². The molecule has 29 heavy (non-hydrogen) atoms. The number of carbonyl (C=O) groups is 2. The molecule has 7 nitrogen and oxygen atoms in total. The molecule has 1 aliphatic rings. The van der Waals surface area contributed by atoms with E-state index < -0.39 is 0 Å². The molecule has 1 heterocycles. The van der Waals surface area contributed by atoms with Crippen LogP contribution in [0.4, 0.5) is 10.5 Å². The van der Waals surface area contributed by atoms with Gasteiger partial charge in [0.25, 0.3) is 0 Å². The summed E-state index contributed by atoms with van der Waals surface area (Å²) < 4.78 is 5.75. The lowest BCUT2D eigenvalue weighted by Crippen LogP contribution is -2.52. The minimum atomic E-state index is -0.0868. The first-order valence-corrected chi connectivity index (χ1v) is 10.0. The number of hydrogen-bond donors (Lipinski definition) is 2. The lowest BCUT2D eigenvalue weighted by molar-refractivity contribution is -0.117. The third kappa shape index (κ3) is 6.10. The van der Waals surface area contributed by atoms with Crippen molar-refractivity contribution in [2.75, 3.05) is 44.6 Å². The number of ether oxygens (including phenoxy) is 1. The number of anilines is 1. The monoisotopic (exact) mass is 416 g/mol. The van der Waals surface area contributed by atoms with Gasteiger partial charge >= 0.3 is 6.03 Å². The fourth-order valence-corrected chi connectivity index (χ4v) is 3.21. The number of benzene rings is 2. The van der Waals surface area contributed by atoms with E-state index in [4.69, 9.17) is 16.3 Å². The largest absolute Gasteiger partial charge is 0.456 e. The Morgan fingerprint density at radius 2 is 1.72 bits per heavy atom. The lowest BCUT2D eigenvalue weighted by Gasteiger charge is -2.34. The molecule has 0 spiro atoms. The standard InChI is InChI=1S/C21H25ClN4O3/c1-2-23-21(28)26-13-11-25(12-14-26)15-20(27)24-16-7-9-17(10-8-16)29-19-6-4-3-5-18(19)22/h3-10H,2,11-15H2,1H3,(H,23,28)(H,24,27). The van der Waals surface area contributed by atoms with Crippen LogP contribution in [0.5, 0.6) is 11.5 Å². The van der Waals surface area contributed by atoms with Gasteiger partial charge in [-0.25, -0.2) is 4.79 Å². The van der Waals surface area contributed by atoms with Gasteiger partial charge in [-0.15, -0.1) is 0 Å². The van der Waals surface area contributed by atoms with Gasteiger partial charge in [0, 0.05) is 38.4 Å². The zero-order valence-corrected chi connectivity index (χ0v) is 17.1. The Morgan fingerprint density at radius 3 is 2.38 bits per heavy atom. The Hall–Kier alpha value is -2.77. The molecule has 0 aromatic heterocycles. The fraction of sp³-hybridized carbons (Fsp3) is 0.333. The van der Waals surface area contributed by atoms with Crippen LogP contribution in [0.2, 0.25) is 5.02 Å². The van der Waals surface area contributed by atoms with Crippen molar-refractivity contribution >= 4 is 29.2 Å². The van der Waals surface area contributed by atoms with E-state index >= 15 is 0 Å². The summed E-state index contributed by atoms with van der Waals surface area (Å²) in [5, 5.41) is 6.23. The van der Waals surface area contributed by atoms with Crippen molar-refractivity contribution in [1.29, 1.82) is 0 Å². The van der Waals surface area contributed by atoms with Gasteiger partial charge in [0.1, 0.15) is 11.5 Å². The van der Waals surface area contributed by atoms with E-state index in [1.54, 1.807) is 41.3 Å². The van der Waals surface area contributed by atoms with Gasteiger partial charge in [0.15, 0.2) is 0 Å². The Labute approximate surface area is 175 Å². The van der Waals surface area contributed by atoms with Crippen molar-refractivity contribution in [3.05, 3.63) is 53.6 Å². The number of urea groups is 1. The molecule has 0 unspecified atom stereocenters. The van der Waals surface area contributed by atoms with Crippen molar-refractivity contribution in [3.8, 4) is 11.5 Å². The summed E-state index contributed by atoms with van der Waals surface area (Å²) in [7, 11) is 0. The van der Waals surface area contributed by atoms with Crippen molar-refractivity contribution in [3.63, 3.8) is 0 Å². The zero-order chi connectivity index (χ0) is 20.6. The Kier molecular flexibility index (Phi) is 7.32. The van der Waals surface area contributed by atoms with Gasteiger partial charge in [0.2, 0.25) is 5.91 Å². The summed E-state index contributed by atoms with van der Waals surface area (Å²) in [6, 6.07) is 14.4. The molecule has 1 saturated heterocycles. The molecule has 3 rings (SSSR count). The normalized spacial score (nSPS) is 14.3. The summed E-state index contributed by atoms with van der Waals surface area (Å²) in [6.45, 7) is 5.39. The highest BCUT2D eigenvalue weighted by Crippen LogP contribution is 2.29. The molecule has 8 heteroatoms. The maximum absolute atomic E-state index is 12.3. The number of rotatable bonds is 6. The van der Waals surface area contributed by atoms with Gasteiger partial charge < -0.3 is 20.3 Å². The second-order valence-corrected chi connectivity index (χ2v) is 7.11. The van der Waals surface area contributed by atoms with Crippen LogP contribution in [-0.2, 0) is 4.79 Å². The molecule has 0 bridgehead atoms. The summed E-state index contributed by atoms with van der Waals surface area (Å²) in [4.78, 5) is 28.0. The van der Waals surface area contributed by atoms with Gasteiger partial charge in [0.05, 0.1) is 11.6 Å². The first-order valence-electron chi connectivity index (χ1n) is 9.62. The smallest absolute Gasteiger partial charge is 0.317 e. The molecule has 0 atom stereocenters. The number of para-hydroxylation sites is 1. The van der Waals surface area contributed by atoms with E-state index in [2.05, 4.69) is 10.6 Å². The van der Waals surface area contributed by atoms with Crippen LogP contribution in [0.3, 0.4) is 0 Å². The summed E-state index contributed by atoms with van der Waals surface area (Å²) in [5.74, 6) is 1.13. The Morgan fingerprint density at radius 1 is 1.03 bits per heavy atom. The average molecular weight is 417 g/mol. The number of hydrogen-bond acceptors (Lipinski definition) is 4. The van der Waals surface area contributed by atoms with Crippen LogP contribution in [0.1, 0.15) is 6.92 Å². The maximum atomic E-state index is 12.3. The summed E-state index contributed by atoms with van der Waals surface area (Å²) >= 11 is 6.10. The number of halogens is 1. The Balaban J connectivity index is 1.45. The van der Waals surface area contributed by atoms with E-state index in [1.165, 1.54) is 0 Å². The predicted molar refractivity (Wildman–Crippen MR) is 114 cm³/mol. The van der Waals surface area contributed by atoms with Crippen LogP contribution in [0.15, 0.2) is 48.5 Å². The average Bonchev–Trinajstić information content (AvgIpc) is 2.72.